The molecule has 0 saturated heterocycles. The van der Waals surface area contributed by atoms with Gasteiger partial charge in [-0.1, -0.05) is 13.3 Å². The van der Waals surface area contributed by atoms with E-state index in [2.05, 4.69) is 4.18 Å². The lowest BCUT2D eigenvalue weighted by Gasteiger charge is -2.01. The van der Waals surface area contributed by atoms with E-state index >= 15 is 0 Å². The molecule has 0 radical (unpaired) electrons. The zero-order chi connectivity index (χ0) is 9.61. The van der Waals surface area contributed by atoms with E-state index in [1.807, 2.05) is 16.2 Å². The third-order valence-corrected chi connectivity index (χ3v) is 3.23. The maximum absolute atomic E-state index is 10.8. The zero-order valence-electron chi connectivity index (χ0n) is 6.95. The van der Waals surface area contributed by atoms with Gasteiger partial charge in [0.2, 0.25) is 0 Å². The molecule has 0 saturated carbocycles. The summed E-state index contributed by atoms with van der Waals surface area (Å²) in [5, 5.41) is 0. The SMILES string of the molecule is CCCCC(=O)OS(=O)(=O)CP. The fourth-order valence-electron chi connectivity index (χ4n) is 0.538. The first-order chi connectivity index (χ1) is 5.52. The lowest BCUT2D eigenvalue weighted by molar-refractivity contribution is -0.133. The molecule has 0 bridgehead atoms. The molecule has 0 aromatic heterocycles. The van der Waals surface area contributed by atoms with Crippen molar-refractivity contribution in [3.8, 4) is 0 Å². The van der Waals surface area contributed by atoms with Gasteiger partial charge in [-0.25, -0.2) is 0 Å². The predicted molar refractivity (Wildman–Crippen MR) is 49.1 cm³/mol. The van der Waals surface area contributed by atoms with Crippen molar-refractivity contribution in [3.63, 3.8) is 0 Å². The van der Waals surface area contributed by atoms with E-state index in [4.69, 9.17) is 0 Å². The largest absolute Gasteiger partial charge is 0.345 e. The predicted octanol–water partition coefficient (Wildman–Crippen LogP) is 0.882. The third kappa shape index (κ3) is 5.49. The quantitative estimate of drug-likeness (QED) is 0.501. The highest BCUT2D eigenvalue weighted by Gasteiger charge is 2.13. The summed E-state index contributed by atoms with van der Waals surface area (Å²) in [5.74, 6) is -0.667. The fraction of sp³-hybridized carbons (Fsp3) is 0.833. The van der Waals surface area contributed by atoms with Crippen LogP contribution in [0.25, 0.3) is 0 Å². The van der Waals surface area contributed by atoms with Crippen molar-refractivity contribution < 1.29 is 17.4 Å². The standard InChI is InChI=1S/C6H13O4PS/c1-2-3-4-6(7)10-12(8,9)5-11/h2-5,11H2,1H3. The molecule has 0 rings (SSSR count). The van der Waals surface area contributed by atoms with E-state index in [1.165, 1.54) is 0 Å². The van der Waals surface area contributed by atoms with Crippen molar-refractivity contribution in [2.75, 3.05) is 5.49 Å². The molecule has 0 aliphatic rings. The Morgan fingerprint density at radius 3 is 2.50 bits per heavy atom. The monoisotopic (exact) mass is 212 g/mol. The highest BCUT2D eigenvalue weighted by molar-refractivity contribution is 7.90. The number of hydrogen-bond donors (Lipinski definition) is 0. The minimum atomic E-state index is -3.64. The molecule has 0 amide bonds. The van der Waals surface area contributed by atoms with Gasteiger partial charge in [0.25, 0.3) is 0 Å². The highest BCUT2D eigenvalue weighted by Crippen LogP contribution is 2.03. The summed E-state index contributed by atoms with van der Waals surface area (Å²) in [7, 11) is -1.64. The van der Waals surface area contributed by atoms with Gasteiger partial charge in [-0.3, -0.25) is 4.79 Å². The smallest absolute Gasteiger partial charge is 0.322 e. The van der Waals surface area contributed by atoms with Crippen molar-refractivity contribution in [2.24, 2.45) is 0 Å². The highest BCUT2D eigenvalue weighted by atomic mass is 32.2. The molecular weight excluding hydrogens is 199 g/mol. The van der Waals surface area contributed by atoms with E-state index in [0.717, 1.165) is 6.42 Å². The first-order valence-corrected chi connectivity index (χ1v) is 6.06. The fourth-order valence-corrected chi connectivity index (χ4v) is 1.18. The van der Waals surface area contributed by atoms with Crippen LogP contribution >= 0.6 is 9.24 Å². The summed E-state index contributed by atoms with van der Waals surface area (Å²) < 4.78 is 25.6. The molecule has 72 valence electrons. The molecular formula is C6H13O4PS. The van der Waals surface area contributed by atoms with Gasteiger partial charge in [-0.15, -0.1) is 9.24 Å². The maximum Gasteiger partial charge on any atom is 0.322 e. The van der Waals surface area contributed by atoms with Crippen LogP contribution in [0.15, 0.2) is 0 Å². The number of hydrogen-bond acceptors (Lipinski definition) is 4. The molecule has 4 nitrogen and oxygen atoms in total. The van der Waals surface area contributed by atoms with Crippen LogP contribution in [0.2, 0.25) is 0 Å². The third-order valence-electron chi connectivity index (χ3n) is 1.16. The Morgan fingerprint density at radius 1 is 1.50 bits per heavy atom. The minimum absolute atomic E-state index is 0.167. The van der Waals surface area contributed by atoms with Crippen molar-refractivity contribution >= 4 is 25.3 Å². The summed E-state index contributed by atoms with van der Waals surface area (Å²) >= 11 is 0. The molecule has 0 heterocycles. The second-order valence-corrected chi connectivity index (χ2v) is 4.90. The normalized spacial score (nSPS) is 11.2. The topological polar surface area (TPSA) is 60.4 Å². The molecule has 0 spiro atoms. The van der Waals surface area contributed by atoms with Crippen molar-refractivity contribution in [3.05, 3.63) is 0 Å². The molecule has 1 atom stereocenters. The molecule has 0 N–H and O–H groups in total. The first kappa shape index (κ1) is 11.8. The molecule has 12 heavy (non-hydrogen) atoms. The number of carbonyl (C=O) groups is 1. The lowest BCUT2D eigenvalue weighted by atomic mass is 10.3. The molecule has 1 unspecified atom stereocenters. The van der Waals surface area contributed by atoms with Crippen LogP contribution in [-0.4, -0.2) is 19.9 Å². The summed E-state index contributed by atoms with van der Waals surface area (Å²) in [4.78, 5) is 10.8. The van der Waals surface area contributed by atoms with E-state index in [-0.39, 0.29) is 11.9 Å². The minimum Gasteiger partial charge on any atom is -0.345 e. The number of rotatable bonds is 5. The Balaban J connectivity index is 3.85. The average molecular weight is 212 g/mol. The van der Waals surface area contributed by atoms with Crippen LogP contribution in [0.3, 0.4) is 0 Å². The van der Waals surface area contributed by atoms with E-state index < -0.39 is 16.1 Å². The maximum atomic E-state index is 10.8. The van der Waals surface area contributed by atoms with Crippen molar-refractivity contribution in [1.82, 2.24) is 0 Å². The number of carbonyl (C=O) groups excluding carboxylic acids is 1. The van der Waals surface area contributed by atoms with E-state index in [9.17, 15) is 13.2 Å². The zero-order valence-corrected chi connectivity index (χ0v) is 8.92. The van der Waals surface area contributed by atoms with Gasteiger partial charge in [0.1, 0.15) is 5.49 Å². The lowest BCUT2D eigenvalue weighted by Crippen LogP contribution is -2.13. The van der Waals surface area contributed by atoms with Gasteiger partial charge in [0.15, 0.2) is 0 Å². The van der Waals surface area contributed by atoms with Gasteiger partial charge in [-0.05, 0) is 6.42 Å². The summed E-state index contributed by atoms with van der Waals surface area (Å²) in [6.45, 7) is 1.91. The number of unbranched alkanes of at least 4 members (excludes halogenated alkanes) is 1. The summed E-state index contributed by atoms with van der Waals surface area (Å²) in [6, 6.07) is 0. The second kappa shape index (κ2) is 5.49. The summed E-state index contributed by atoms with van der Waals surface area (Å²) in [6.07, 6.45) is 1.67. The molecule has 6 heteroatoms. The Bertz CT molecular complexity index is 234. The van der Waals surface area contributed by atoms with Crippen LogP contribution in [0.1, 0.15) is 26.2 Å². The van der Waals surface area contributed by atoms with Crippen LogP contribution in [0.4, 0.5) is 0 Å². The second-order valence-electron chi connectivity index (χ2n) is 2.28. The average Bonchev–Trinajstić information content (AvgIpc) is 2.00. The molecule has 0 aromatic carbocycles. The van der Waals surface area contributed by atoms with Crippen LogP contribution < -0.4 is 0 Å². The van der Waals surface area contributed by atoms with Crippen LogP contribution in [0, 0.1) is 0 Å². The van der Waals surface area contributed by atoms with Crippen LogP contribution in [-0.2, 0) is 19.1 Å². The Labute approximate surface area is 75.0 Å². The van der Waals surface area contributed by atoms with Gasteiger partial charge < -0.3 is 4.18 Å². The van der Waals surface area contributed by atoms with Crippen LogP contribution in [0.5, 0.6) is 0 Å². The Kier molecular flexibility index (Phi) is 5.42. The van der Waals surface area contributed by atoms with Crippen molar-refractivity contribution in [2.45, 2.75) is 26.2 Å². The molecule has 0 fully saturated rings. The Hall–Kier alpha value is -0.150. The van der Waals surface area contributed by atoms with Crippen molar-refractivity contribution in [1.29, 1.82) is 0 Å². The van der Waals surface area contributed by atoms with E-state index in [0.29, 0.717) is 6.42 Å². The van der Waals surface area contributed by atoms with Gasteiger partial charge in [0.05, 0.1) is 0 Å². The van der Waals surface area contributed by atoms with Gasteiger partial charge in [0, 0.05) is 6.42 Å². The van der Waals surface area contributed by atoms with Gasteiger partial charge in [-0.2, -0.15) is 8.42 Å². The first-order valence-electron chi connectivity index (χ1n) is 3.67. The van der Waals surface area contributed by atoms with E-state index in [1.54, 1.807) is 0 Å². The molecule has 0 aliphatic heterocycles. The molecule has 0 aromatic rings. The summed E-state index contributed by atoms with van der Waals surface area (Å²) in [5.41, 5.74) is -0.245. The molecule has 0 aliphatic carbocycles. The Morgan fingerprint density at radius 2 is 2.08 bits per heavy atom. The van der Waals surface area contributed by atoms with Gasteiger partial charge >= 0.3 is 16.1 Å².